The Balaban J connectivity index is 2.16. The van der Waals surface area contributed by atoms with E-state index >= 15 is 0 Å². The number of benzene rings is 2. The molecule has 2 aromatic rings. The number of hydrogen-bond donors (Lipinski definition) is 2. The second-order valence-corrected chi connectivity index (χ2v) is 10.4. The molecule has 0 bridgehead atoms. The van der Waals surface area contributed by atoms with Crippen molar-refractivity contribution in [1.29, 1.82) is 0 Å². The van der Waals surface area contributed by atoms with Crippen LogP contribution in [0.1, 0.15) is 52.2 Å². The summed E-state index contributed by atoms with van der Waals surface area (Å²) in [5, 5.41) is 4.22. The lowest BCUT2D eigenvalue weighted by atomic mass is 10.0. The zero-order chi connectivity index (χ0) is 28.5. The van der Waals surface area contributed by atoms with Crippen LogP contribution in [0.15, 0.2) is 54.6 Å². The number of halogens is 3. The van der Waals surface area contributed by atoms with E-state index in [0.29, 0.717) is 17.9 Å². The summed E-state index contributed by atoms with van der Waals surface area (Å²) in [5.74, 6) is -3.49. The molecule has 0 aliphatic heterocycles. The van der Waals surface area contributed by atoms with Crippen molar-refractivity contribution in [3.63, 3.8) is 0 Å². The van der Waals surface area contributed by atoms with E-state index in [9.17, 15) is 27.6 Å². The molecule has 0 aliphatic carbocycles. The second kappa shape index (κ2) is 13.3. The van der Waals surface area contributed by atoms with E-state index < -0.39 is 41.6 Å². The lowest BCUT2D eigenvalue weighted by molar-refractivity contribution is -0.175. The molecule has 0 aromatic heterocycles. The summed E-state index contributed by atoms with van der Waals surface area (Å²) in [5.41, 5.74) is 0.794. The minimum absolute atomic E-state index is 0.0151. The standard InChI is InChI=1S/C28H35F3N2O5/c1-18(2)15-22(33-26(36)28(29,30)31)24(34)32-23(25(35)38-27(3,4)5)16-19-11-13-21(14-12-19)37-17-20-9-7-6-8-10-20/h6-14,18,22-23H,15-17H2,1-5H3,(H,32,34)(H,33,36)/t22-,23-/m0/s1. The summed E-state index contributed by atoms with van der Waals surface area (Å²) >= 11 is 0. The van der Waals surface area contributed by atoms with Crippen LogP contribution in [0.5, 0.6) is 5.75 Å². The van der Waals surface area contributed by atoms with Crippen molar-refractivity contribution in [3.8, 4) is 5.75 Å². The maximum atomic E-state index is 13.0. The molecule has 2 atom stereocenters. The Bertz CT molecular complexity index is 1060. The third kappa shape index (κ3) is 10.8. The van der Waals surface area contributed by atoms with Gasteiger partial charge in [-0.2, -0.15) is 13.2 Å². The number of amides is 2. The number of rotatable bonds is 11. The van der Waals surface area contributed by atoms with Gasteiger partial charge in [0.05, 0.1) is 0 Å². The zero-order valence-electron chi connectivity index (χ0n) is 22.2. The smallest absolute Gasteiger partial charge is 0.471 e. The van der Waals surface area contributed by atoms with Crippen molar-refractivity contribution in [1.82, 2.24) is 10.6 Å². The SMILES string of the molecule is CC(C)C[C@H](NC(=O)C(F)(F)F)C(=O)N[C@@H](Cc1ccc(OCc2ccccc2)cc1)C(=O)OC(C)(C)C. The molecule has 0 spiro atoms. The zero-order valence-corrected chi connectivity index (χ0v) is 22.2. The number of carbonyl (C=O) groups excluding carboxylic acids is 3. The highest BCUT2D eigenvalue weighted by Gasteiger charge is 2.41. The van der Waals surface area contributed by atoms with Gasteiger partial charge >= 0.3 is 18.1 Å². The molecule has 0 unspecified atom stereocenters. The summed E-state index contributed by atoms with van der Waals surface area (Å²) in [6.07, 6.45) is -5.19. The number of alkyl halides is 3. The van der Waals surface area contributed by atoms with Crippen LogP contribution in [0.25, 0.3) is 0 Å². The molecule has 0 heterocycles. The highest BCUT2D eigenvalue weighted by Crippen LogP contribution is 2.19. The number of ether oxygens (including phenoxy) is 2. The van der Waals surface area contributed by atoms with Gasteiger partial charge < -0.3 is 20.1 Å². The van der Waals surface area contributed by atoms with Gasteiger partial charge in [0, 0.05) is 6.42 Å². The molecule has 0 aliphatic rings. The van der Waals surface area contributed by atoms with E-state index in [4.69, 9.17) is 9.47 Å². The summed E-state index contributed by atoms with van der Waals surface area (Å²) in [7, 11) is 0. The topological polar surface area (TPSA) is 93.7 Å². The first-order valence-corrected chi connectivity index (χ1v) is 12.3. The van der Waals surface area contributed by atoms with Crippen molar-refractivity contribution in [2.24, 2.45) is 5.92 Å². The van der Waals surface area contributed by atoms with Crippen LogP contribution in [0.2, 0.25) is 0 Å². The Hall–Kier alpha value is -3.56. The van der Waals surface area contributed by atoms with Crippen LogP contribution in [0.4, 0.5) is 13.2 Å². The van der Waals surface area contributed by atoms with Gasteiger partial charge in [0.2, 0.25) is 5.91 Å². The van der Waals surface area contributed by atoms with Gasteiger partial charge in [-0.05, 0) is 56.4 Å². The van der Waals surface area contributed by atoms with E-state index in [1.807, 2.05) is 30.3 Å². The lowest BCUT2D eigenvalue weighted by Gasteiger charge is -2.27. The van der Waals surface area contributed by atoms with E-state index in [-0.39, 0.29) is 18.8 Å². The molecular formula is C28H35F3N2O5. The van der Waals surface area contributed by atoms with E-state index in [2.05, 4.69) is 5.32 Å². The third-order valence-electron chi connectivity index (χ3n) is 5.21. The maximum Gasteiger partial charge on any atom is 0.471 e. The molecule has 0 saturated heterocycles. The third-order valence-corrected chi connectivity index (χ3v) is 5.21. The fraction of sp³-hybridized carbons (Fsp3) is 0.464. The number of esters is 1. The summed E-state index contributed by atoms with van der Waals surface area (Å²) < 4.78 is 49.7. The maximum absolute atomic E-state index is 13.0. The summed E-state index contributed by atoms with van der Waals surface area (Å²) in [6, 6.07) is 13.8. The molecule has 2 N–H and O–H groups in total. The van der Waals surface area contributed by atoms with Gasteiger partial charge in [-0.25, -0.2) is 4.79 Å². The molecule has 0 radical (unpaired) electrons. The average Bonchev–Trinajstić information content (AvgIpc) is 2.81. The highest BCUT2D eigenvalue weighted by molar-refractivity contribution is 5.92. The monoisotopic (exact) mass is 536 g/mol. The van der Waals surface area contributed by atoms with Crippen LogP contribution in [-0.4, -0.2) is 41.6 Å². The molecule has 2 rings (SSSR count). The van der Waals surface area contributed by atoms with Crippen LogP contribution in [0, 0.1) is 5.92 Å². The molecule has 38 heavy (non-hydrogen) atoms. The van der Waals surface area contributed by atoms with Gasteiger partial charge in [0.25, 0.3) is 0 Å². The van der Waals surface area contributed by atoms with Crippen molar-refractivity contribution in [2.45, 2.75) is 77.9 Å². The number of carbonyl (C=O) groups is 3. The Morgan fingerprint density at radius 2 is 1.45 bits per heavy atom. The molecule has 208 valence electrons. The first kappa shape index (κ1) is 30.7. The summed E-state index contributed by atoms with van der Waals surface area (Å²) in [6.45, 7) is 8.76. The number of hydrogen-bond acceptors (Lipinski definition) is 5. The predicted octanol–water partition coefficient (Wildman–Crippen LogP) is 4.73. The highest BCUT2D eigenvalue weighted by atomic mass is 19.4. The Labute approximate surface area is 221 Å². The largest absolute Gasteiger partial charge is 0.489 e. The molecule has 7 nitrogen and oxygen atoms in total. The van der Waals surface area contributed by atoms with E-state index in [1.54, 1.807) is 64.2 Å². The van der Waals surface area contributed by atoms with Gasteiger partial charge in [-0.15, -0.1) is 0 Å². The second-order valence-electron chi connectivity index (χ2n) is 10.4. The van der Waals surface area contributed by atoms with Crippen LogP contribution in [0.3, 0.4) is 0 Å². The van der Waals surface area contributed by atoms with Crippen LogP contribution < -0.4 is 15.4 Å². The van der Waals surface area contributed by atoms with E-state index in [1.165, 1.54) is 0 Å². The quantitative estimate of drug-likeness (QED) is 0.405. The lowest BCUT2D eigenvalue weighted by Crippen LogP contribution is -2.55. The first-order chi connectivity index (χ1) is 17.6. The normalized spacial score (nSPS) is 13.4. The van der Waals surface area contributed by atoms with Gasteiger partial charge in [-0.3, -0.25) is 9.59 Å². The molecular weight excluding hydrogens is 501 g/mol. The Morgan fingerprint density at radius 3 is 1.97 bits per heavy atom. The van der Waals surface area contributed by atoms with Crippen LogP contribution in [-0.2, 0) is 32.1 Å². The average molecular weight is 537 g/mol. The molecule has 2 aromatic carbocycles. The number of nitrogens with one attached hydrogen (secondary N) is 2. The first-order valence-electron chi connectivity index (χ1n) is 12.3. The summed E-state index contributed by atoms with van der Waals surface area (Å²) in [4.78, 5) is 37.4. The minimum atomic E-state index is -5.15. The van der Waals surface area contributed by atoms with Crippen molar-refractivity contribution >= 4 is 17.8 Å². The fourth-order valence-electron chi connectivity index (χ4n) is 3.48. The van der Waals surface area contributed by atoms with Crippen molar-refractivity contribution in [3.05, 3.63) is 65.7 Å². The Morgan fingerprint density at radius 1 is 0.842 bits per heavy atom. The molecule has 0 saturated carbocycles. The molecule has 10 heteroatoms. The van der Waals surface area contributed by atoms with Gasteiger partial charge in [0.15, 0.2) is 0 Å². The molecule has 0 fully saturated rings. The molecule has 2 amide bonds. The van der Waals surface area contributed by atoms with Crippen molar-refractivity contribution < 1.29 is 37.0 Å². The Kier molecular flexibility index (Phi) is 10.7. The van der Waals surface area contributed by atoms with Gasteiger partial charge in [0.1, 0.15) is 30.0 Å². The van der Waals surface area contributed by atoms with E-state index in [0.717, 1.165) is 5.56 Å². The fourth-order valence-corrected chi connectivity index (χ4v) is 3.48. The van der Waals surface area contributed by atoms with Crippen molar-refractivity contribution in [2.75, 3.05) is 0 Å². The van der Waals surface area contributed by atoms with Gasteiger partial charge in [-0.1, -0.05) is 56.3 Å². The van der Waals surface area contributed by atoms with Crippen LogP contribution >= 0.6 is 0 Å². The predicted molar refractivity (Wildman–Crippen MR) is 136 cm³/mol. The minimum Gasteiger partial charge on any atom is -0.489 e.